The molecule has 240 valence electrons. The Morgan fingerprint density at radius 3 is 2.64 bits per heavy atom. The molecule has 2 aromatic heterocycles. The molecule has 0 radical (unpaired) electrons. The van der Waals surface area contributed by atoms with Gasteiger partial charge in [0.25, 0.3) is 0 Å². The van der Waals surface area contributed by atoms with Crippen molar-refractivity contribution >= 4 is 23.0 Å². The fourth-order valence-electron chi connectivity index (χ4n) is 7.00. The number of carbonyl (C=O) groups excluding carboxylic acids is 2. The maximum Gasteiger partial charge on any atom is 0.170 e. The summed E-state index contributed by atoms with van der Waals surface area (Å²) in [5.41, 5.74) is 4.47. The number of aromatic hydroxyl groups is 1. The van der Waals surface area contributed by atoms with E-state index in [-0.39, 0.29) is 37.4 Å². The number of phenols is 1. The Bertz CT molecular complexity index is 1530. The summed E-state index contributed by atoms with van der Waals surface area (Å²) >= 11 is 0. The highest BCUT2D eigenvalue weighted by atomic mass is 16.5. The lowest BCUT2D eigenvalue weighted by atomic mass is 9.61. The summed E-state index contributed by atoms with van der Waals surface area (Å²) in [6, 6.07) is 9.42. The van der Waals surface area contributed by atoms with Crippen LogP contribution < -0.4 is 10.1 Å². The fraction of sp³-hybridized carbons (Fsp3) is 0.472. The number of hydrogen-bond acceptors (Lipinski definition) is 8. The van der Waals surface area contributed by atoms with Gasteiger partial charge < -0.3 is 30.4 Å². The lowest BCUT2D eigenvalue weighted by Gasteiger charge is -2.44. The molecule has 3 heterocycles. The van der Waals surface area contributed by atoms with Gasteiger partial charge in [-0.15, -0.1) is 0 Å². The van der Waals surface area contributed by atoms with Crippen LogP contribution in [0, 0.1) is 5.41 Å². The molecular formula is C36H45N3O6. The van der Waals surface area contributed by atoms with Crippen molar-refractivity contribution in [2.75, 3.05) is 25.6 Å². The maximum atomic E-state index is 12.9. The minimum atomic E-state index is -1.63. The van der Waals surface area contributed by atoms with Crippen molar-refractivity contribution in [1.29, 1.82) is 0 Å². The van der Waals surface area contributed by atoms with Gasteiger partial charge in [0.1, 0.15) is 5.82 Å². The Morgan fingerprint density at radius 2 is 1.91 bits per heavy atom. The molecule has 2 aliphatic rings. The smallest absolute Gasteiger partial charge is 0.170 e. The van der Waals surface area contributed by atoms with E-state index in [0.29, 0.717) is 18.4 Å². The number of unbranched alkanes of at least 4 members (excludes halogenated alkanes) is 4. The van der Waals surface area contributed by atoms with Crippen molar-refractivity contribution < 1.29 is 29.6 Å². The van der Waals surface area contributed by atoms with E-state index in [4.69, 9.17) is 4.74 Å². The van der Waals surface area contributed by atoms with Crippen LogP contribution in [0.3, 0.4) is 0 Å². The molecule has 0 saturated carbocycles. The van der Waals surface area contributed by atoms with Crippen LogP contribution in [-0.4, -0.2) is 63.2 Å². The monoisotopic (exact) mass is 615 g/mol. The van der Waals surface area contributed by atoms with E-state index in [1.807, 2.05) is 30.5 Å². The van der Waals surface area contributed by atoms with Gasteiger partial charge in [0, 0.05) is 59.9 Å². The molecule has 5 rings (SSSR count). The summed E-state index contributed by atoms with van der Waals surface area (Å²) in [6.07, 6.45) is 10.6. The van der Waals surface area contributed by atoms with E-state index in [2.05, 4.69) is 28.3 Å². The van der Waals surface area contributed by atoms with E-state index in [0.717, 1.165) is 72.4 Å². The van der Waals surface area contributed by atoms with Crippen molar-refractivity contribution in [3.05, 3.63) is 76.7 Å². The lowest BCUT2D eigenvalue weighted by molar-refractivity contribution is -0.138. The molecule has 45 heavy (non-hydrogen) atoms. The Hall–Kier alpha value is -3.95. The number of ketones is 2. The molecule has 0 spiro atoms. The van der Waals surface area contributed by atoms with Crippen LogP contribution in [0.25, 0.3) is 5.57 Å². The summed E-state index contributed by atoms with van der Waals surface area (Å²) in [6.45, 7) is 2.68. The van der Waals surface area contributed by atoms with Gasteiger partial charge in [-0.25, -0.2) is 4.98 Å². The van der Waals surface area contributed by atoms with Crippen molar-refractivity contribution in [3.8, 4) is 11.5 Å². The van der Waals surface area contributed by atoms with Gasteiger partial charge in [-0.05, 0) is 66.6 Å². The molecule has 1 aromatic carbocycles. The van der Waals surface area contributed by atoms with Crippen molar-refractivity contribution in [2.24, 2.45) is 5.41 Å². The average Bonchev–Trinajstić information content (AvgIpc) is 3.57. The van der Waals surface area contributed by atoms with Crippen LogP contribution in [-0.2, 0) is 22.4 Å². The Labute approximate surface area is 264 Å². The molecule has 0 amide bonds. The number of aromatic nitrogens is 2. The number of H-pyrrole nitrogens is 1. The summed E-state index contributed by atoms with van der Waals surface area (Å²) in [7, 11) is 1.48. The van der Waals surface area contributed by atoms with E-state index in [1.54, 1.807) is 12.3 Å². The average molecular weight is 616 g/mol. The summed E-state index contributed by atoms with van der Waals surface area (Å²) < 4.78 is 5.61. The van der Waals surface area contributed by atoms with E-state index in [1.165, 1.54) is 7.11 Å². The largest absolute Gasteiger partial charge is 0.504 e. The first-order valence-electron chi connectivity index (χ1n) is 16.1. The third-order valence-corrected chi connectivity index (χ3v) is 9.31. The second-order valence-corrected chi connectivity index (χ2v) is 12.4. The number of nitrogens with one attached hydrogen (secondary N) is 2. The lowest BCUT2D eigenvalue weighted by Crippen LogP contribution is -2.38. The van der Waals surface area contributed by atoms with Crippen LogP contribution in [0.5, 0.6) is 11.5 Å². The number of hydrogen-bond donors (Lipinski definition) is 5. The number of anilines is 1. The molecule has 9 nitrogen and oxygen atoms in total. The number of nitrogens with zero attached hydrogens (tertiary/aromatic N) is 1. The SMILES string of the molecule is CCCCCCCC(=O)C(O)C(=O)CCc1cc(OC)c(O)c(C2c3ccnc4c3C(=CC2(CO)Cc2ccc[nH]2)CCN4)c1. The topological polar surface area (TPSA) is 145 Å². The highest BCUT2D eigenvalue weighted by Crippen LogP contribution is 2.56. The third kappa shape index (κ3) is 6.84. The van der Waals surface area contributed by atoms with Crippen molar-refractivity contribution in [1.82, 2.24) is 9.97 Å². The van der Waals surface area contributed by atoms with Crippen molar-refractivity contribution in [3.63, 3.8) is 0 Å². The molecule has 0 fully saturated rings. The molecule has 0 saturated heterocycles. The Balaban J connectivity index is 1.47. The fourth-order valence-corrected chi connectivity index (χ4v) is 7.00. The maximum absolute atomic E-state index is 12.9. The zero-order chi connectivity index (χ0) is 32.0. The second-order valence-electron chi connectivity index (χ2n) is 12.4. The number of carbonyl (C=O) groups is 2. The molecular weight excluding hydrogens is 570 g/mol. The standard InChI is InChI=1S/C36H45N3O6/c1-3-4-5-6-7-10-28(41)34(44)29(42)12-11-23-18-27(33(43)30(19-23)45-2)32-26-14-17-39-35-31(26)24(13-16-38-35)20-36(32,22-40)21-25-9-8-15-37-25/h8-9,14-15,17-20,32,34,37,40,43-44H,3-7,10-13,16,21-22H2,1-2H3,(H,38,39). The Kier molecular flexibility index (Phi) is 10.4. The van der Waals surface area contributed by atoms with Gasteiger partial charge in [-0.2, -0.15) is 0 Å². The highest BCUT2D eigenvalue weighted by Gasteiger charge is 2.46. The summed E-state index contributed by atoms with van der Waals surface area (Å²) in [5, 5.41) is 36.6. The minimum absolute atomic E-state index is 0.0347. The first kappa shape index (κ1) is 32.4. The first-order chi connectivity index (χ1) is 21.8. The quantitative estimate of drug-likeness (QED) is 0.105. The normalized spacial score (nSPS) is 19.3. The van der Waals surface area contributed by atoms with Gasteiger partial charge in [-0.3, -0.25) is 9.59 Å². The van der Waals surface area contributed by atoms with Gasteiger partial charge in [-0.1, -0.05) is 44.7 Å². The van der Waals surface area contributed by atoms with Crippen LogP contribution >= 0.6 is 0 Å². The number of phenolic OH excluding ortho intramolecular Hbond substituents is 1. The number of methoxy groups -OCH3 is 1. The number of Topliss-reactive ketones (excluding diaryl/α,β-unsaturated/α-hetero) is 2. The number of aromatic amines is 1. The molecule has 0 bridgehead atoms. The highest BCUT2D eigenvalue weighted by molar-refractivity contribution is 6.05. The molecule has 3 aromatic rings. The number of rotatable bonds is 16. The van der Waals surface area contributed by atoms with E-state index >= 15 is 0 Å². The van der Waals surface area contributed by atoms with Gasteiger partial charge >= 0.3 is 0 Å². The van der Waals surface area contributed by atoms with Gasteiger partial charge in [0.15, 0.2) is 29.2 Å². The van der Waals surface area contributed by atoms with E-state index < -0.39 is 29.0 Å². The first-order valence-corrected chi connectivity index (χ1v) is 16.1. The zero-order valence-electron chi connectivity index (χ0n) is 26.3. The molecule has 1 aliphatic carbocycles. The van der Waals surface area contributed by atoms with Crippen LogP contribution in [0.2, 0.25) is 0 Å². The molecule has 9 heteroatoms. The van der Waals surface area contributed by atoms with Gasteiger partial charge in [0.05, 0.1) is 13.7 Å². The van der Waals surface area contributed by atoms with Crippen LogP contribution in [0.15, 0.2) is 48.8 Å². The number of aryl methyl sites for hydroxylation is 1. The summed E-state index contributed by atoms with van der Waals surface area (Å²) in [4.78, 5) is 33.3. The number of ether oxygens (including phenoxy) is 1. The second kappa shape index (κ2) is 14.4. The molecule has 5 N–H and O–H groups in total. The number of aliphatic hydroxyl groups excluding tert-OH is 2. The summed E-state index contributed by atoms with van der Waals surface area (Å²) in [5.74, 6) is -0.432. The predicted octanol–water partition coefficient (Wildman–Crippen LogP) is 5.48. The number of pyridine rings is 1. The van der Waals surface area contributed by atoms with E-state index in [9.17, 15) is 24.9 Å². The van der Waals surface area contributed by atoms with Crippen molar-refractivity contribution in [2.45, 2.75) is 83.2 Å². The molecule has 3 atom stereocenters. The molecule has 1 aliphatic heterocycles. The van der Waals surface area contributed by atoms with Gasteiger partial charge in [0.2, 0.25) is 0 Å². The Morgan fingerprint density at radius 1 is 1.11 bits per heavy atom. The van der Waals surface area contributed by atoms with Crippen LogP contribution in [0.4, 0.5) is 5.82 Å². The third-order valence-electron chi connectivity index (χ3n) is 9.31. The van der Waals surface area contributed by atoms with Crippen LogP contribution in [0.1, 0.15) is 92.2 Å². The minimum Gasteiger partial charge on any atom is -0.504 e. The number of aliphatic hydroxyl groups is 2. The predicted molar refractivity (Wildman–Crippen MR) is 174 cm³/mol. The molecule has 3 unspecified atom stereocenters. The number of benzene rings is 1. The zero-order valence-corrected chi connectivity index (χ0v) is 26.3.